The van der Waals surface area contributed by atoms with Crippen molar-refractivity contribution in [2.45, 2.75) is 101 Å². The minimum Gasteiger partial charge on any atom is -0.500 e. The number of hydrogen-bond donors (Lipinski definition) is 0. The van der Waals surface area contributed by atoms with Crippen LogP contribution in [0.15, 0.2) is 169 Å². The van der Waals surface area contributed by atoms with Crippen molar-refractivity contribution in [3.05, 3.63) is 232 Å². The Hall–Kier alpha value is -7.29. The minimum absolute atomic E-state index is 0. The van der Waals surface area contributed by atoms with Gasteiger partial charge in [-0.15, -0.1) is 90.0 Å². The van der Waals surface area contributed by atoms with E-state index in [9.17, 15) is 21.7 Å². The summed E-state index contributed by atoms with van der Waals surface area (Å²) in [6, 6.07) is 52.5. The van der Waals surface area contributed by atoms with Gasteiger partial charge in [0.15, 0.2) is 0 Å². The smallest absolute Gasteiger partial charge is 0.500 e. The Morgan fingerprint density at radius 1 is 0.514 bits per heavy atom. The summed E-state index contributed by atoms with van der Waals surface area (Å²) in [5.41, 5.74) is 4.99. The summed E-state index contributed by atoms with van der Waals surface area (Å²) in [6.07, 6.45) is -7.95. The van der Waals surface area contributed by atoms with Gasteiger partial charge in [-0.3, -0.25) is 0 Å². The molecule has 0 radical (unpaired) electrons. The number of fused-ring (bicyclic) bond motifs is 3. The Morgan fingerprint density at radius 2 is 1.05 bits per heavy atom. The van der Waals surface area contributed by atoms with Crippen molar-refractivity contribution >= 4 is 21.9 Å². The van der Waals surface area contributed by atoms with Crippen LogP contribution in [-0.2, 0) is 58.3 Å². The van der Waals surface area contributed by atoms with Crippen molar-refractivity contribution in [2.24, 2.45) is 0 Å². The number of aryl methyl sites for hydroxylation is 6. The van der Waals surface area contributed by atoms with Gasteiger partial charge >= 0.3 is 20.1 Å². The van der Waals surface area contributed by atoms with Crippen LogP contribution in [0.25, 0.3) is 66.8 Å². The third kappa shape index (κ3) is 10.4. The van der Waals surface area contributed by atoms with E-state index in [-0.39, 0.29) is 48.6 Å². The summed E-state index contributed by atoms with van der Waals surface area (Å²) in [5, 5.41) is 11.6. The largest absolute Gasteiger partial charge is 3.00 e. The monoisotopic (exact) mass is 1150 g/mol. The Balaban J connectivity index is 0.00000768. The van der Waals surface area contributed by atoms with E-state index in [2.05, 4.69) is 39.2 Å². The van der Waals surface area contributed by atoms with Gasteiger partial charge in [0.2, 0.25) is 0 Å². The second-order valence-electron chi connectivity index (χ2n) is 18.9. The van der Waals surface area contributed by atoms with Crippen molar-refractivity contribution in [1.29, 1.82) is 5.26 Å². The van der Waals surface area contributed by atoms with Gasteiger partial charge in [0.1, 0.15) is 5.58 Å². The Labute approximate surface area is 466 Å². The molecule has 12 rings (SSSR count). The van der Waals surface area contributed by atoms with Crippen LogP contribution in [0, 0.1) is 29.5 Å². The van der Waals surface area contributed by atoms with Gasteiger partial charge in [0.25, 0.3) is 0 Å². The average molecular weight is 1150 g/mol. The quantitative estimate of drug-likeness (QED) is 0.0956. The maximum atomic E-state index is 10.1. The van der Waals surface area contributed by atoms with Gasteiger partial charge < -0.3 is 19.4 Å². The summed E-state index contributed by atoms with van der Waals surface area (Å²) < 4.78 is 125. The third-order valence-corrected chi connectivity index (χ3v) is 14.2. The number of pyridine rings is 3. The van der Waals surface area contributed by atoms with Crippen molar-refractivity contribution in [3.8, 4) is 51.0 Å². The fourth-order valence-corrected chi connectivity index (χ4v) is 10.6. The molecule has 0 N–H and O–H groups in total. The van der Waals surface area contributed by atoms with Crippen LogP contribution in [0.4, 0.5) is 0 Å². The minimum atomic E-state index is -3.15. The number of nitrogens with zero attached hydrogens (tertiary/aromatic N) is 4. The van der Waals surface area contributed by atoms with Crippen molar-refractivity contribution in [3.63, 3.8) is 0 Å². The number of hydrogen-bond acceptors (Lipinski definition) is 5. The van der Waals surface area contributed by atoms with Crippen LogP contribution in [0.5, 0.6) is 0 Å². The first-order chi connectivity index (χ1) is 40.6. The molecule has 74 heavy (non-hydrogen) atoms. The molecule has 5 nitrogen and oxygen atoms in total. The summed E-state index contributed by atoms with van der Waals surface area (Å²) in [6.45, 7) is 0. The summed E-state index contributed by atoms with van der Waals surface area (Å²) >= 11 is 0. The van der Waals surface area contributed by atoms with Crippen LogP contribution >= 0.6 is 0 Å². The van der Waals surface area contributed by atoms with E-state index < -0.39 is 54.9 Å². The first kappa shape index (κ1) is 36.6. The van der Waals surface area contributed by atoms with Gasteiger partial charge in [0.05, 0.1) is 17.2 Å². The molecule has 2 aliphatic carbocycles. The van der Waals surface area contributed by atoms with Crippen LogP contribution in [0.1, 0.15) is 130 Å². The van der Waals surface area contributed by atoms with Gasteiger partial charge in [-0.2, -0.15) is 5.26 Å². The van der Waals surface area contributed by atoms with Crippen LogP contribution in [0.3, 0.4) is 0 Å². The van der Waals surface area contributed by atoms with Crippen LogP contribution in [0.2, 0.25) is 0 Å². The fourth-order valence-electron chi connectivity index (χ4n) is 10.6. The zero-order chi connectivity index (χ0) is 59.7. The molecular formula is C68H57IrN4O. The van der Waals surface area contributed by atoms with Gasteiger partial charge in [-0.25, -0.2) is 0 Å². The molecule has 4 aromatic heterocycles. The molecule has 0 aliphatic heterocycles. The predicted octanol–water partition coefficient (Wildman–Crippen LogP) is 16.4. The summed E-state index contributed by atoms with van der Waals surface area (Å²) in [7, 11) is 0. The molecule has 0 amide bonds. The van der Waals surface area contributed by atoms with E-state index in [0.717, 1.165) is 85.9 Å². The van der Waals surface area contributed by atoms with Crippen molar-refractivity contribution in [2.75, 3.05) is 0 Å². The SMILES string of the molecule is [2H]C([2H])(c1ccc(-c2[c-]ccc3c2oc2c(-c4ccccc4)c(C#N)ccc23)nc1)C([2H])([2H])c1cc(C([2H])([2H])C([2H])([2H])c2cnc(-c3[c-]cccc3)cc2C2CCCC2)cc(C([2H])([2H])C([2H])([2H])c2cnc(-c3[c-]cccc3)cc2C2CCCC2)c1.[Ir+3]. The molecular weight excluding hydrogens is 1080 g/mol. The number of benzene rings is 6. The maximum Gasteiger partial charge on any atom is 3.00 e. The molecule has 2 saturated carbocycles. The predicted molar refractivity (Wildman–Crippen MR) is 294 cm³/mol. The summed E-state index contributed by atoms with van der Waals surface area (Å²) in [4.78, 5) is 13.9. The van der Waals surface area contributed by atoms with E-state index in [4.69, 9.17) is 4.42 Å². The molecule has 2 fully saturated rings. The second kappa shape index (κ2) is 22.4. The normalized spacial score (nSPS) is 17.4. The first-order valence-corrected chi connectivity index (χ1v) is 25.1. The molecule has 6 aromatic carbocycles. The molecule has 6 heteroatoms. The average Bonchev–Trinajstić information content (AvgIpc) is 1.04. The van der Waals surface area contributed by atoms with E-state index >= 15 is 0 Å². The third-order valence-electron chi connectivity index (χ3n) is 14.2. The van der Waals surface area contributed by atoms with Gasteiger partial charge in [0, 0.05) is 46.0 Å². The Kier molecular flexibility index (Phi) is 11.1. The van der Waals surface area contributed by atoms with E-state index in [1.165, 1.54) is 30.7 Å². The van der Waals surface area contributed by atoms with Crippen molar-refractivity contribution in [1.82, 2.24) is 15.0 Å². The molecule has 0 unspecified atom stereocenters. The molecule has 10 aromatic rings. The molecule has 0 bridgehead atoms. The Bertz CT molecular complexity index is 4040. The summed E-state index contributed by atoms with van der Waals surface area (Å²) in [5.74, 6) is -0.279. The van der Waals surface area contributed by atoms with Gasteiger partial charge in [-0.05, 0) is 149 Å². The van der Waals surface area contributed by atoms with Crippen molar-refractivity contribution < 1.29 is 41.0 Å². The number of furan rings is 1. The first-order valence-electron chi connectivity index (χ1n) is 31.1. The molecule has 2 aliphatic rings. The fraction of sp³-hybridized carbons (Fsp3) is 0.235. The molecule has 0 spiro atoms. The van der Waals surface area contributed by atoms with Gasteiger partial charge in [-0.1, -0.05) is 115 Å². The molecule has 0 atom stereocenters. The van der Waals surface area contributed by atoms with E-state index in [1.807, 2.05) is 78.9 Å². The molecule has 4 heterocycles. The molecule has 364 valence electrons. The van der Waals surface area contributed by atoms with Crippen LogP contribution in [-0.4, -0.2) is 15.0 Å². The topological polar surface area (TPSA) is 75.6 Å². The second-order valence-corrected chi connectivity index (χ2v) is 18.9. The zero-order valence-electron chi connectivity index (χ0n) is 52.4. The van der Waals surface area contributed by atoms with E-state index in [1.54, 1.807) is 36.4 Å². The maximum absolute atomic E-state index is 10.1. The zero-order valence-corrected chi connectivity index (χ0v) is 42.8. The standard InChI is InChI=1S/C68H57N4O.Ir/c69-42-55-34-35-59-58-25-14-26-60(67(58)73-68(59)66(55)54-23-8-3-9-24-54)63-36-31-46(43-70-63)27-28-47-37-48(29-32-56-44-71-64(52-19-4-1-5-20-52)40-61(56)50-15-10-11-16-50)39-49(38-47)30-33-57-45-72-65(53-21-6-2-7-22-53)41-62(57)51-17-12-13-18-51;/h1-9,14,19,21,23-25,31,34-41,43-45,50-51H,10-13,15-18,27-30,32-33H2;/q-3;+3/i27D2,28D2,29D2,30D2,32D2,33D2;. The van der Waals surface area contributed by atoms with E-state index in [0.29, 0.717) is 67.2 Å². The number of aromatic nitrogens is 3. The molecule has 0 saturated heterocycles. The Morgan fingerprint density at radius 3 is 1.59 bits per heavy atom. The number of rotatable bonds is 15. The van der Waals surface area contributed by atoms with Crippen LogP contribution < -0.4 is 0 Å². The number of nitriles is 1.